The molecule has 4 nitrogen and oxygen atoms in total. The molecule has 2 rings (SSSR count). The minimum Gasteiger partial charge on any atom is -0.392 e. The smallest absolute Gasteiger partial charge is 0.237 e. The number of aliphatic hydroxyl groups is 1. The van der Waals surface area contributed by atoms with Crippen LogP contribution in [0.1, 0.15) is 33.1 Å². The fourth-order valence-electron chi connectivity index (χ4n) is 1.45. The fraction of sp³-hybridized carbons (Fsp3) is 0.750. The van der Waals surface area contributed by atoms with Gasteiger partial charge in [-0.25, -0.2) is 0 Å². The number of amides is 1. The van der Waals surface area contributed by atoms with Crippen LogP contribution in [0.3, 0.4) is 0 Å². The highest BCUT2D eigenvalue weighted by molar-refractivity contribution is 5.82. The van der Waals surface area contributed by atoms with Crippen molar-refractivity contribution in [3.05, 3.63) is 13.2 Å². The first-order chi connectivity index (χ1) is 7.75. The third kappa shape index (κ3) is 5.28. The van der Waals surface area contributed by atoms with Crippen LogP contribution >= 0.6 is 0 Å². The molecular formula is C12H24N2O2. The number of hydrogen-bond acceptors (Lipinski definition) is 3. The minimum absolute atomic E-state index is 0.0500. The van der Waals surface area contributed by atoms with Gasteiger partial charge in [-0.2, -0.15) is 0 Å². The van der Waals surface area contributed by atoms with Gasteiger partial charge in [0.05, 0.1) is 12.1 Å². The molecule has 0 spiro atoms. The van der Waals surface area contributed by atoms with Crippen molar-refractivity contribution in [2.45, 2.75) is 51.3 Å². The summed E-state index contributed by atoms with van der Waals surface area (Å²) in [5.41, 5.74) is 0. The summed E-state index contributed by atoms with van der Waals surface area (Å²) >= 11 is 0. The van der Waals surface area contributed by atoms with Crippen molar-refractivity contribution in [1.82, 2.24) is 10.6 Å². The first-order valence-electron chi connectivity index (χ1n) is 5.97. The lowest BCUT2D eigenvalue weighted by atomic mass is 10.2. The molecule has 1 aliphatic heterocycles. The predicted octanol–water partition coefficient (Wildman–Crippen LogP) is 0.816. The Morgan fingerprint density at radius 1 is 1.38 bits per heavy atom. The van der Waals surface area contributed by atoms with E-state index >= 15 is 0 Å². The van der Waals surface area contributed by atoms with Gasteiger partial charge in [-0.15, -0.1) is 13.2 Å². The third-order valence-corrected chi connectivity index (χ3v) is 2.35. The van der Waals surface area contributed by atoms with Crippen molar-refractivity contribution >= 4 is 5.91 Å². The van der Waals surface area contributed by atoms with Crippen LogP contribution in [0.2, 0.25) is 0 Å². The van der Waals surface area contributed by atoms with E-state index in [-0.39, 0.29) is 18.1 Å². The lowest BCUT2D eigenvalue weighted by Gasteiger charge is -2.09. The van der Waals surface area contributed by atoms with Crippen molar-refractivity contribution in [2.75, 3.05) is 6.54 Å². The maximum Gasteiger partial charge on any atom is 0.237 e. The monoisotopic (exact) mass is 228 g/mol. The van der Waals surface area contributed by atoms with Gasteiger partial charge in [0.2, 0.25) is 5.91 Å². The molecule has 2 aliphatic rings. The second-order valence-corrected chi connectivity index (χ2v) is 3.63. The van der Waals surface area contributed by atoms with Crippen molar-refractivity contribution in [2.24, 2.45) is 0 Å². The summed E-state index contributed by atoms with van der Waals surface area (Å²) < 4.78 is 0. The van der Waals surface area contributed by atoms with E-state index in [0.717, 1.165) is 12.8 Å². The SMILES string of the molecule is C=C.CC.O=C(NC1CC1)C1CC(O)CN1. The average molecular weight is 228 g/mol. The highest BCUT2D eigenvalue weighted by atomic mass is 16.3. The minimum atomic E-state index is -0.347. The second-order valence-electron chi connectivity index (χ2n) is 3.63. The topological polar surface area (TPSA) is 61.4 Å². The number of carbonyl (C=O) groups is 1. The zero-order valence-electron chi connectivity index (χ0n) is 10.3. The van der Waals surface area contributed by atoms with Gasteiger partial charge < -0.3 is 15.7 Å². The summed E-state index contributed by atoms with van der Waals surface area (Å²) in [5.74, 6) is 0.0500. The number of carbonyl (C=O) groups excluding carboxylic acids is 1. The Kier molecular flexibility index (Phi) is 7.85. The van der Waals surface area contributed by atoms with E-state index in [1.165, 1.54) is 0 Å². The summed E-state index contributed by atoms with van der Waals surface area (Å²) in [4.78, 5) is 11.4. The van der Waals surface area contributed by atoms with Gasteiger partial charge in [-0.05, 0) is 19.3 Å². The van der Waals surface area contributed by atoms with E-state index < -0.39 is 0 Å². The molecule has 4 heteroatoms. The molecule has 16 heavy (non-hydrogen) atoms. The van der Waals surface area contributed by atoms with E-state index in [1.807, 2.05) is 13.8 Å². The Morgan fingerprint density at radius 2 is 1.94 bits per heavy atom. The largest absolute Gasteiger partial charge is 0.392 e. The van der Waals surface area contributed by atoms with Crippen molar-refractivity contribution in [3.8, 4) is 0 Å². The normalized spacial score (nSPS) is 26.9. The molecule has 0 bridgehead atoms. The molecule has 2 atom stereocenters. The molecule has 0 aromatic heterocycles. The van der Waals surface area contributed by atoms with Crippen LogP contribution in [-0.4, -0.2) is 35.7 Å². The van der Waals surface area contributed by atoms with E-state index in [2.05, 4.69) is 23.8 Å². The van der Waals surface area contributed by atoms with Gasteiger partial charge in [0.1, 0.15) is 0 Å². The standard InChI is InChI=1S/C8H14N2O2.C2H6.C2H4/c11-6-3-7(9-4-6)8(12)10-5-1-2-5;2*1-2/h5-7,9,11H,1-4H2,(H,10,12);1-2H3;1-2H2. The number of aliphatic hydroxyl groups excluding tert-OH is 1. The fourth-order valence-corrected chi connectivity index (χ4v) is 1.45. The van der Waals surface area contributed by atoms with Crippen molar-refractivity contribution in [3.63, 3.8) is 0 Å². The van der Waals surface area contributed by atoms with Crippen molar-refractivity contribution < 1.29 is 9.90 Å². The molecule has 2 fully saturated rings. The van der Waals surface area contributed by atoms with Crippen LogP contribution in [0, 0.1) is 0 Å². The van der Waals surface area contributed by atoms with Crippen LogP contribution in [0.4, 0.5) is 0 Å². The molecule has 1 amide bonds. The Balaban J connectivity index is 0.000000509. The molecule has 0 radical (unpaired) electrons. The summed E-state index contributed by atoms with van der Waals surface area (Å²) in [6, 6.07) is 0.248. The first kappa shape index (κ1) is 15.1. The molecule has 94 valence electrons. The summed E-state index contributed by atoms with van der Waals surface area (Å²) in [6.45, 7) is 10.5. The Hall–Kier alpha value is -0.870. The highest BCUT2D eigenvalue weighted by Gasteiger charge is 2.31. The second kappa shape index (κ2) is 8.30. The quantitative estimate of drug-likeness (QED) is 0.613. The third-order valence-electron chi connectivity index (χ3n) is 2.35. The molecule has 2 unspecified atom stereocenters. The van der Waals surface area contributed by atoms with E-state index in [0.29, 0.717) is 19.0 Å². The molecule has 1 aliphatic carbocycles. The number of hydrogen-bond donors (Lipinski definition) is 3. The lowest BCUT2D eigenvalue weighted by Crippen LogP contribution is -2.41. The average Bonchev–Trinajstić information content (AvgIpc) is 3.03. The van der Waals surface area contributed by atoms with Gasteiger partial charge in [0.15, 0.2) is 0 Å². The van der Waals surface area contributed by atoms with Crippen LogP contribution < -0.4 is 10.6 Å². The zero-order chi connectivity index (χ0) is 12.6. The van der Waals surface area contributed by atoms with Gasteiger partial charge >= 0.3 is 0 Å². The Labute approximate surface area is 98.1 Å². The van der Waals surface area contributed by atoms with Gasteiger partial charge in [0, 0.05) is 12.6 Å². The Bertz CT molecular complexity index is 205. The molecule has 0 aromatic carbocycles. The number of nitrogens with one attached hydrogen (secondary N) is 2. The van der Waals surface area contributed by atoms with Crippen LogP contribution in [0.5, 0.6) is 0 Å². The van der Waals surface area contributed by atoms with Crippen LogP contribution in [0.25, 0.3) is 0 Å². The van der Waals surface area contributed by atoms with E-state index in [4.69, 9.17) is 5.11 Å². The maximum absolute atomic E-state index is 11.4. The number of rotatable bonds is 2. The van der Waals surface area contributed by atoms with Crippen LogP contribution in [-0.2, 0) is 4.79 Å². The molecule has 1 saturated heterocycles. The molecule has 3 N–H and O–H groups in total. The molecule has 1 saturated carbocycles. The zero-order valence-corrected chi connectivity index (χ0v) is 10.3. The summed E-state index contributed by atoms with van der Waals surface area (Å²) in [7, 11) is 0. The number of β-amino-alcohol motifs (C(OH)–C–C–N with tert-alkyl or cyclic N) is 1. The van der Waals surface area contributed by atoms with Crippen molar-refractivity contribution in [1.29, 1.82) is 0 Å². The molecular weight excluding hydrogens is 204 g/mol. The van der Waals surface area contributed by atoms with Gasteiger partial charge in [-0.3, -0.25) is 4.79 Å². The van der Waals surface area contributed by atoms with Gasteiger partial charge in [0.25, 0.3) is 0 Å². The molecule has 0 aromatic rings. The highest BCUT2D eigenvalue weighted by Crippen LogP contribution is 2.19. The summed E-state index contributed by atoms with van der Waals surface area (Å²) in [6.07, 6.45) is 2.43. The molecule has 1 heterocycles. The first-order valence-corrected chi connectivity index (χ1v) is 5.97. The van der Waals surface area contributed by atoms with Crippen LogP contribution in [0.15, 0.2) is 13.2 Å². The van der Waals surface area contributed by atoms with E-state index in [9.17, 15) is 4.79 Å². The lowest BCUT2D eigenvalue weighted by molar-refractivity contribution is -0.123. The van der Waals surface area contributed by atoms with E-state index in [1.54, 1.807) is 0 Å². The predicted molar refractivity (Wildman–Crippen MR) is 66.2 cm³/mol. The maximum atomic E-state index is 11.4. The Morgan fingerprint density at radius 3 is 2.31 bits per heavy atom. The van der Waals surface area contributed by atoms with Gasteiger partial charge in [-0.1, -0.05) is 13.8 Å². The summed E-state index contributed by atoms with van der Waals surface area (Å²) in [5, 5.41) is 15.0.